The molecule has 8 heteroatoms. The van der Waals surface area contributed by atoms with Gasteiger partial charge in [0.2, 0.25) is 0 Å². The molecule has 0 bridgehead atoms. The fourth-order valence-corrected chi connectivity index (χ4v) is 2.03. The third-order valence-corrected chi connectivity index (χ3v) is 3.47. The molecule has 25 heavy (non-hydrogen) atoms. The summed E-state index contributed by atoms with van der Waals surface area (Å²) in [6.07, 6.45) is 2.66. The standard InChI is InChI=1S/C17H13BrF2N2O3/c18-13-6-4-12(5-7-13)16(24)22-21-15(23)10-3-11-1-8-14(9-2-11)25-17(19)20/h1-10,17H,(H,21,23)(H,22,24)/b10-3+. The first-order valence-electron chi connectivity index (χ1n) is 7.03. The fraction of sp³-hybridized carbons (Fsp3) is 0.0588. The minimum Gasteiger partial charge on any atom is -0.435 e. The number of benzene rings is 2. The van der Waals surface area contributed by atoms with Gasteiger partial charge in [0.25, 0.3) is 11.8 Å². The molecule has 0 saturated carbocycles. The third-order valence-electron chi connectivity index (χ3n) is 2.94. The summed E-state index contributed by atoms with van der Waals surface area (Å²) in [5.41, 5.74) is 5.52. The van der Waals surface area contributed by atoms with Crippen molar-refractivity contribution in [2.45, 2.75) is 6.61 Å². The number of hydrogen-bond acceptors (Lipinski definition) is 3. The zero-order valence-corrected chi connectivity index (χ0v) is 14.3. The predicted octanol–water partition coefficient (Wildman–Crippen LogP) is 3.52. The summed E-state index contributed by atoms with van der Waals surface area (Å²) in [4.78, 5) is 23.5. The van der Waals surface area contributed by atoms with Crippen LogP contribution in [0.2, 0.25) is 0 Å². The van der Waals surface area contributed by atoms with Gasteiger partial charge < -0.3 is 4.74 Å². The minimum absolute atomic E-state index is 0.0263. The van der Waals surface area contributed by atoms with Crippen LogP contribution in [0, 0.1) is 0 Å². The number of ether oxygens (including phenoxy) is 1. The van der Waals surface area contributed by atoms with Crippen molar-refractivity contribution in [3.8, 4) is 5.75 Å². The highest BCUT2D eigenvalue weighted by molar-refractivity contribution is 9.10. The number of carbonyl (C=O) groups is 2. The Kier molecular flexibility index (Phi) is 6.64. The van der Waals surface area contributed by atoms with E-state index in [0.29, 0.717) is 11.1 Å². The SMILES string of the molecule is O=C(/C=C/c1ccc(OC(F)F)cc1)NNC(=O)c1ccc(Br)cc1. The monoisotopic (exact) mass is 410 g/mol. The van der Waals surface area contributed by atoms with E-state index < -0.39 is 18.4 Å². The summed E-state index contributed by atoms with van der Waals surface area (Å²) in [5.74, 6) is -0.973. The van der Waals surface area contributed by atoms with Crippen molar-refractivity contribution in [1.82, 2.24) is 10.9 Å². The number of carbonyl (C=O) groups excluding carboxylic acids is 2. The molecule has 0 saturated heterocycles. The van der Waals surface area contributed by atoms with E-state index in [1.807, 2.05) is 0 Å². The van der Waals surface area contributed by atoms with E-state index in [2.05, 4.69) is 31.5 Å². The molecule has 2 aromatic rings. The number of hydrogen-bond donors (Lipinski definition) is 2. The van der Waals surface area contributed by atoms with Gasteiger partial charge in [0.15, 0.2) is 0 Å². The van der Waals surface area contributed by atoms with E-state index in [-0.39, 0.29) is 5.75 Å². The van der Waals surface area contributed by atoms with Crippen LogP contribution in [-0.4, -0.2) is 18.4 Å². The van der Waals surface area contributed by atoms with E-state index in [9.17, 15) is 18.4 Å². The molecule has 2 aromatic carbocycles. The van der Waals surface area contributed by atoms with E-state index in [1.54, 1.807) is 24.3 Å². The van der Waals surface area contributed by atoms with Crippen LogP contribution < -0.4 is 15.6 Å². The fourth-order valence-electron chi connectivity index (χ4n) is 1.77. The predicted molar refractivity (Wildman–Crippen MR) is 91.9 cm³/mol. The normalized spacial score (nSPS) is 10.7. The number of rotatable bonds is 5. The molecule has 0 aromatic heterocycles. The molecular formula is C17H13BrF2N2O3. The minimum atomic E-state index is -2.89. The molecule has 0 aliphatic carbocycles. The van der Waals surface area contributed by atoms with Crippen molar-refractivity contribution in [1.29, 1.82) is 0 Å². The van der Waals surface area contributed by atoms with E-state index in [4.69, 9.17) is 0 Å². The topological polar surface area (TPSA) is 67.4 Å². The number of halogens is 3. The second kappa shape index (κ2) is 8.93. The van der Waals surface area contributed by atoms with Gasteiger partial charge in [-0.2, -0.15) is 8.78 Å². The lowest BCUT2D eigenvalue weighted by Crippen LogP contribution is -2.40. The van der Waals surface area contributed by atoms with Gasteiger partial charge in [-0.05, 0) is 48.0 Å². The van der Waals surface area contributed by atoms with Gasteiger partial charge in [-0.3, -0.25) is 20.4 Å². The Balaban J connectivity index is 1.84. The van der Waals surface area contributed by atoms with Crippen molar-refractivity contribution in [3.63, 3.8) is 0 Å². The zero-order valence-electron chi connectivity index (χ0n) is 12.7. The molecule has 2 amide bonds. The highest BCUT2D eigenvalue weighted by Crippen LogP contribution is 2.15. The van der Waals surface area contributed by atoms with Crippen LogP contribution in [0.4, 0.5) is 8.78 Å². The molecule has 130 valence electrons. The molecule has 2 N–H and O–H groups in total. The number of nitrogens with one attached hydrogen (secondary N) is 2. The van der Waals surface area contributed by atoms with Crippen molar-refractivity contribution in [3.05, 3.63) is 70.2 Å². The molecular weight excluding hydrogens is 398 g/mol. The van der Waals surface area contributed by atoms with Crippen LogP contribution in [0.15, 0.2) is 59.1 Å². The Morgan fingerprint density at radius 2 is 1.64 bits per heavy atom. The Hall–Kier alpha value is -2.74. The lowest BCUT2D eigenvalue weighted by molar-refractivity contribution is -0.117. The van der Waals surface area contributed by atoms with Gasteiger partial charge in [0, 0.05) is 16.1 Å². The third kappa shape index (κ3) is 6.34. The van der Waals surface area contributed by atoms with Crippen molar-refractivity contribution in [2.75, 3.05) is 0 Å². The first kappa shape index (κ1) is 18.6. The van der Waals surface area contributed by atoms with Crippen LogP contribution >= 0.6 is 15.9 Å². The van der Waals surface area contributed by atoms with Gasteiger partial charge in [-0.15, -0.1) is 0 Å². The summed E-state index contributed by atoms with van der Waals surface area (Å²) < 4.78 is 29.1. The Morgan fingerprint density at radius 3 is 2.24 bits per heavy atom. The molecule has 0 atom stereocenters. The van der Waals surface area contributed by atoms with Crippen LogP contribution in [0.3, 0.4) is 0 Å². The Bertz CT molecular complexity index is 762. The van der Waals surface area contributed by atoms with Gasteiger partial charge >= 0.3 is 6.61 Å². The second-order valence-corrected chi connectivity index (χ2v) is 5.65. The first-order valence-corrected chi connectivity index (χ1v) is 7.82. The molecule has 5 nitrogen and oxygen atoms in total. The van der Waals surface area contributed by atoms with Crippen LogP contribution in [0.25, 0.3) is 6.08 Å². The molecule has 0 aliphatic rings. The number of hydrazine groups is 1. The maximum atomic E-state index is 12.0. The highest BCUT2D eigenvalue weighted by Gasteiger charge is 2.06. The zero-order chi connectivity index (χ0) is 18.2. The van der Waals surface area contributed by atoms with Crippen molar-refractivity contribution in [2.24, 2.45) is 0 Å². The van der Waals surface area contributed by atoms with E-state index in [1.165, 1.54) is 36.4 Å². The summed E-state index contributed by atoms with van der Waals surface area (Å²) >= 11 is 3.26. The van der Waals surface area contributed by atoms with Crippen LogP contribution in [0.1, 0.15) is 15.9 Å². The van der Waals surface area contributed by atoms with Gasteiger partial charge in [-0.1, -0.05) is 28.1 Å². The summed E-state index contributed by atoms with van der Waals surface area (Å²) in [5, 5.41) is 0. The highest BCUT2D eigenvalue weighted by atomic mass is 79.9. The van der Waals surface area contributed by atoms with E-state index >= 15 is 0 Å². The summed E-state index contributed by atoms with van der Waals surface area (Å²) in [7, 11) is 0. The number of alkyl halides is 2. The van der Waals surface area contributed by atoms with Gasteiger partial charge in [-0.25, -0.2) is 0 Å². The molecule has 0 heterocycles. The van der Waals surface area contributed by atoms with Gasteiger partial charge in [0.1, 0.15) is 5.75 Å². The lowest BCUT2D eigenvalue weighted by Gasteiger charge is -2.05. The number of amides is 2. The maximum absolute atomic E-state index is 12.0. The Labute approximate surface area is 150 Å². The molecule has 2 rings (SSSR count). The van der Waals surface area contributed by atoms with Crippen LogP contribution in [-0.2, 0) is 4.79 Å². The molecule has 0 unspecified atom stereocenters. The first-order chi connectivity index (χ1) is 11.9. The molecule has 0 radical (unpaired) electrons. The van der Waals surface area contributed by atoms with E-state index in [0.717, 1.165) is 4.47 Å². The summed E-state index contributed by atoms with van der Waals surface area (Å²) in [6, 6.07) is 12.4. The van der Waals surface area contributed by atoms with Crippen molar-refractivity contribution >= 4 is 33.8 Å². The Morgan fingerprint density at radius 1 is 1.00 bits per heavy atom. The molecule has 0 fully saturated rings. The second-order valence-electron chi connectivity index (χ2n) is 4.73. The average molecular weight is 411 g/mol. The lowest BCUT2D eigenvalue weighted by atomic mass is 10.2. The quantitative estimate of drug-likeness (QED) is 0.585. The van der Waals surface area contributed by atoms with Crippen molar-refractivity contribution < 1.29 is 23.1 Å². The van der Waals surface area contributed by atoms with Gasteiger partial charge in [0.05, 0.1) is 0 Å². The maximum Gasteiger partial charge on any atom is 0.387 e. The summed E-state index contributed by atoms with van der Waals surface area (Å²) in [6.45, 7) is -2.89. The molecule has 0 spiro atoms. The average Bonchev–Trinajstić information content (AvgIpc) is 2.59. The smallest absolute Gasteiger partial charge is 0.387 e. The van der Waals surface area contributed by atoms with Crippen LogP contribution in [0.5, 0.6) is 5.75 Å². The largest absolute Gasteiger partial charge is 0.435 e. The molecule has 0 aliphatic heterocycles.